The molecule has 1 aliphatic rings. The van der Waals surface area contributed by atoms with Gasteiger partial charge in [0.2, 0.25) is 5.91 Å². The molecule has 3 aromatic rings. The first-order valence-corrected chi connectivity index (χ1v) is 9.12. The van der Waals surface area contributed by atoms with Crippen molar-refractivity contribution in [3.63, 3.8) is 0 Å². The molecule has 0 spiro atoms. The predicted octanol–water partition coefficient (Wildman–Crippen LogP) is 3.68. The van der Waals surface area contributed by atoms with Crippen LogP contribution in [0.3, 0.4) is 0 Å². The smallest absolute Gasteiger partial charge is 0.228 e. The fourth-order valence-electron chi connectivity index (χ4n) is 3.44. The normalized spacial score (nSPS) is 14.8. The van der Waals surface area contributed by atoms with Gasteiger partial charge in [0.25, 0.3) is 0 Å². The second-order valence-corrected chi connectivity index (χ2v) is 7.04. The van der Waals surface area contributed by atoms with Crippen LogP contribution in [0.5, 0.6) is 0 Å². The van der Waals surface area contributed by atoms with Gasteiger partial charge in [-0.3, -0.25) is 4.79 Å². The van der Waals surface area contributed by atoms with Gasteiger partial charge in [-0.2, -0.15) is 0 Å². The molecule has 0 radical (unpaired) electrons. The van der Waals surface area contributed by atoms with Crippen molar-refractivity contribution in [1.82, 2.24) is 10.1 Å². The van der Waals surface area contributed by atoms with Crippen LogP contribution in [0, 0.1) is 6.92 Å². The number of benzene rings is 2. The third-order valence-corrected chi connectivity index (χ3v) is 5.15. The van der Waals surface area contributed by atoms with E-state index in [-0.39, 0.29) is 12.3 Å². The first-order valence-electron chi connectivity index (χ1n) is 8.74. The van der Waals surface area contributed by atoms with Gasteiger partial charge in [0.15, 0.2) is 5.58 Å². The van der Waals surface area contributed by atoms with E-state index in [1.54, 1.807) is 0 Å². The maximum atomic E-state index is 12.7. The average Bonchev–Trinajstić information content (AvgIpc) is 3.07. The average molecular weight is 370 g/mol. The van der Waals surface area contributed by atoms with Crippen LogP contribution in [0.15, 0.2) is 47.0 Å². The number of anilines is 1. The van der Waals surface area contributed by atoms with Crippen LogP contribution in [0.2, 0.25) is 5.02 Å². The molecule has 5 nitrogen and oxygen atoms in total. The van der Waals surface area contributed by atoms with Crippen molar-refractivity contribution < 1.29 is 9.32 Å². The number of nitrogens with zero attached hydrogens (tertiary/aromatic N) is 3. The maximum absolute atomic E-state index is 12.7. The zero-order chi connectivity index (χ0) is 18.1. The fourth-order valence-corrected chi connectivity index (χ4v) is 3.61. The second-order valence-electron chi connectivity index (χ2n) is 6.60. The minimum atomic E-state index is 0.0894. The quantitative estimate of drug-likeness (QED) is 0.706. The van der Waals surface area contributed by atoms with Gasteiger partial charge in [0.1, 0.15) is 5.69 Å². The zero-order valence-corrected chi connectivity index (χ0v) is 15.4. The highest BCUT2D eigenvalue weighted by molar-refractivity contribution is 6.30. The Kier molecular flexibility index (Phi) is 4.55. The van der Waals surface area contributed by atoms with E-state index in [2.05, 4.69) is 17.0 Å². The molecule has 0 unspecified atom stereocenters. The molecule has 0 atom stereocenters. The Morgan fingerprint density at radius 2 is 1.92 bits per heavy atom. The van der Waals surface area contributed by atoms with E-state index in [9.17, 15) is 4.79 Å². The summed E-state index contributed by atoms with van der Waals surface area (Å²) in [5.74, 6) is 0.0894. The SMILES string of the molecule is Cc1ccc(Cl)cc1N1CCN(C(=O)Cc2noc3ccccc23)CC1. The molecule has 1 aliphatic heterocycles. The number of aromatic nitrogens is 1. The highest BCUT2D eigenvalue weighted by Crippen LogP contribution is 2.25. The van der Waals surface area contributed by atoms with Crippen molar-refractivity contribution in [2.45, 2.75) is 13.3 Å². The van der Waals surface area contributed by atoms with Gasteiger partial charge in [-0.1, -0.05) is 35.0 Å². The van der Waals surface area contributed by atoms with Crippen LogP contribution in [-0.2, 0) is 11.2 Å². The van der Waals surface area contributed by atoms with Crippen molar-refractivity contribution in [3.8, 4) is 0 Å². The Bertz CT molecular complexity index is 945. The zero-order valence-electron chi connectivity index (χ0n) is 14.6. The minimum Gasteiger partial charge on any atom is -0.368 e. The van der Waals surface area contributed by atoms with Crippen LogP contribution in [-0.4, -0.2) is 42.1 Å². The fraction of sp³-hybridized carbons (Fsp3) is 0.300. The largest absolute Gasteiger partial charge is 0.368 e. The van der Waals surface area contributed by atoms with Crippen molar-refractivity contribution in [3.05, 3.63) is 58.7 Å². The molecule has 0 N–H and O–H groups in total. The Hall–Kier alpha value is -2.53. The third kappa shape index (κ3) is 3.27. The lowest BCUT2D eigenvalue weighted by molar-refractivity contribution is -0.130. The summed E-state index contributed by atoms with van der Waals surface area (Å²) in [7, 11) is 0. The minimum absolute atomic E-state index is 0.0894. The summed E-state index contributed by atoms with van der Waals surface area (Å²) in [4.78, 5) is 16.9. The maximum Gasteiger partial charge on any atom is 0.228 e. The Labute approximate surface area is 157 Å². The van der Waals surface area contributed by atoms with Crippen molar-refractivity contribution in [2.75, 3.05) is 31.1 Å². The van der Waals surface area contributed by atoms with Crippen LogP contribution in [0.4, 0.5) is 5.69 Å². The summed E-state index contributed by atoms with van der Waals surface area (Å²) in [6.07, 6.45) is 0.271. The number of carbonyl (C=O) groups excluding carboxylic acids is 1. The first-order chi connectivity index (χ1) is 12.6. The number of rotatable bonds is 3. The number of halogens is 1. The Morgan fingerprint density at radius 1 is 1.15 bits per heavy atom. The molecule has 1 saturated heterocycles. The summed E-state index contributed by atoms with van der Waals surface area (Å²) >= 11 is 6.14. The summed E-state index contributed by atoms with van der Waals surface area (Å²) < 4.78 is 5.30. The molecule has 1 amide bonds. The standard InChI is InChI=1S/C20H20ClN3O2/c1-14-6-7-15(21)12-18(14)23-8-10-24(11-9-23)20(25)13-17-16-4-2-3-5-19(16)26-22-17/h2-7,12H,8-11,13H2,1H3. The summed E-state index contributed by atoms with van der Waals surface area (Å²) in [5, 5.41) is 5.72. The number of carbonyl (C=O) groups is 1. The number of fused-ring (bicyclic) bond motifs is 1. The molecule has 26 heavy (non-hydrogen) atoms. The molecule has 4 rings (SSSR count). The lowest BCUT2D eigenvalue weighted by Gasteiger charge is -2.36. The molecule has 6 heteroatoms. The number of aryl methyl sites for hydroxylation is 1. The molecule has 1 fully saturated rings. The van der Waals surface area contributed by atoms with Gasteiger partial charge in [-0.05, 0) is 36.8 Å². The van der Waals surface area contributed by atoms with E-state index in [0.29, 0.717) is 18.8 Å². The highest BCUT2D eigenvalue weighted by atomic mass is 35.5. The molecule has 134 valence electrons. The second kappa shape index (κ2) is 7.00. The van der Waals surface area contributed by atoms with E-state index >= 15 is 0 Å². The summed E-state index contributed by atoms with van der Waals surface area (Å²) in [6.45, 7) is 5.07. The topological polar surface area (TPSA) is 49.6 Å². The van der Waals surface area contributed by atoms with Gasteiger partial charge in [0, 0.05) is 42.3 Å². The molecule has 0 saturated carbocycles. The highest BCUT2D eigenvalue weighted by Gasteiger charge is 2.23. The third-order valence-electron chi connectivity index (χ3n) is 4.92. The van der Waals surface area contributed by atoms with Gasteiger partial charge in [0.05, 0.1) is 6.42 Å². The van der Waals surface area contributed by atoms with Crippen LogP contribution >= 0.6 is 11.6 Å². The summed E-state index contributed by atoms with van der Waals surface area (Å²) in [5.41, 5.74) is 3.77. The van der Waals surface area contributed by atoms with Crippen molar-refractivity contribution >= 4 is 34.2 Å². The number of piperazine rings is 1. The van der Waals surface area contributed by atoms with Crippen LogP contribution < -0.4 is 4.90 Å². The molecule has 2 aromatic carbocycles. The van der Waals surface area contributed by atoms with Crippen molar-refractivity contribution in [2.24, 2.45) is 0 Å². The van der Waals surface area contributed by atoms with Crippen LogP contribution in [0.1, 0.15) is 11.3 Å². The molecule has 2 heterocycles. The molecule has 0 bridgehead atoms. The van der Waals surface area contributed by atoms with Gasteiger partial charge in [-0.15, -0.1) is 0 Å². The van der Waals surface area contributed by atoms with Gasteiger partial charge < -0.3 is 14.3 Å². The monoisotopic (exact) mass is 369 g/mol. The molecule has 1 aromatic heterocycles. The lowest BCUT2D eigenvalue weighted by Crippen LogP contribution is -2.49. The summed E-state index contributed by atoms with van der Waals surface area (Å²) in [6, 6.07) is 13.6. The van der Waals surface area contributed by atoms with E-state index < -0.39 is 0 Å². The first kappa shape index (κ1) is 16.9. The number of amides is 1. The molecule has 0 aliphatic carbocycles. The van der Waals surface area contributed by atoms with Crippen molar-refractivity contribution in [1.29, 1.82) is 0 Å². The van der Waals surface area contributed by atoms with Gasteiger partial charge in [-0.25, -0.2) is 0 Å². The number of hydrogen-bond acceptors (Lipinski definition) is 4. The van der Waals surface area contributed by atoms with E-state index in [1.165, 1.54) is 5.56 Å². The number of hydrogen-bond donors (Lipinski definition) is 0. The molecular weight excluding hydrogens is 350 g/mol. The Morgan fingerprint density at radius 3 is 2.73 bits per heavy atom. The van der Waals surface area contributed by atoms with E-state index in [4.69, 9.17) is 16.1 Å². The van der Waals surface area contributed by atoms with E-state index in [1.807, 2.05) is 47.4 Å². The van der Waals surface area contributed by atoms with Gasteiger partial charge >= 0.3 is 0 Å². The Balaban J connectivity index is 1.41. The molecular formula is C20H20ClN3O2. The lowest BCUT2D eigenvalue weighted by atomic mass is 10.1. The predicted molar refractivity (Wildman–Crippen MR) is 103 cm³/mol. The number of para-hydroxylation sites is 1. The van der Waals surface area contributed by atoms with E-state index in [0.717, 1.165) is 34.8 Å². The van der Waals surface area contributed by atoms with Crippen LogP contribution in [0.25, 0.3) is 11.0 Å².